The van der Waals surface area contributed by atoms with Crippen LogP contribution in [0.4, 0.5) is 5.82 Å². The van der Waals surface area contributed by atoms with Crippen molar-refractivity contribution in [1.82, 2.24) is 60.0 Å². The van der Waals surface area contributed by atoms with Crippen LogP contribution in [0.25, 0.3) is 11.0 Å². The van der Waals surface area contributed by atoms with E-state index in [1.807, 2.05) is 41.4 Å². The second-order valence-corrected chi connectivity index (χ2v) is 21.6. The predicted molar refractivity (Wildman–Crippen MR) is 273 cm³/mol. The Balaban J connectivity index is 0.640. The highest BCUT2D eigenvalue weighted by atomic mass is 35.5. The van der Waals surface area contributed by atoms with Gasteiger partial charge in [-0.25, -0.2) is 15.0 Å². The van der Waals surface area contributed by atoms with Crippen LogP contribution in [-0.4, -0.2) is 132 Å². The lowest BCUT2D eigenvalue weighted by atomic mass is 9.87. The van der Waals surface area contributed by atoms with Gasteiger partial charge >= 0.3 is 0 Å². The molecule has 2 atom stereocenters. The Hall–Kier alpha value is -5.01. The molecule has 3 saturated heterocycles. The van der Waals surface area contributed by atoms with Gasteiger partial charge in [0.2, 0.25) is 17.7 Å². The number of piperidine rings is 1. The zero-order valence-electron chi connectivity index (χ0n) is 40.8. The minimum absolute atomic E-state index is 0.0728. The first kappa shape index (κ1) is 50.0. The second-order valence-electron chi connectivity index (χ2n) is 19.9. The van der Waals surface area contributed by atoms with E-state index in [1.54, 1.807) is 17.7 Å². The van der Waals surface area contributed by atoms with E-state index in [9.17, 15) is 14.4 Å². The first-order valence-electron chi connectivity index (χ1n) is 25.9. The van der Waals surface area contributed by atoms with Crippen molar-refractivity contribution in [2.45, 2.75) is 140 Å². The maximum Gasteiger partial charge on any atom is 0.240 e. The number of anilines is 1. The number of aromatic amines is 1. The van der Waals surface area contributed by atoms with Crippen LogP contribution in [0, 0.1) is 6.92 Å². The van der Waals surface area contributed by atoms with Crippen molar-refractivity contribution in [3.05, 3.63) is 80.7 Å². The number of nitrogens with two attached hydrogens (primary N) is 1. The lowest BCUT2D eigenvalue weighted by Gasteiger charge is -2.39. The van der Waals surface area contributed by atoms with E-state index in [2.05, 4.69) is 62.0 Å². The molecule has 0 spiro atoms. The van der Waals surface area contributed by atoms with Gasteiger partial charge in [-0.2, -0.15) is 0 Å². The van der Waals surface area contributed by atoms with Gasteiger partial charge in [0.05, 0.1) is 35.2 Å². The first-order chi connectivity index (χ1) is 34.1. The summed E-state index contributed by atoms with van der Waals surface area (Å²) in [5.74, 6) is 3.25. The fourth-order valence-corrected chi connectivity index (χ4v) is 11.9. The molecule has 376 valence electrons. The molecule has 0 aliphatic carbocycles. The van der Waals surface area contributed by atoms with Crippen LogP contribution in [-0.2, 0) is 40.3 Å². The minimum Gasteiger partial charge on any atom is -0.356 e. The Labute approximate surface area is 420 Å². The van der Waals surface area contributed by atoms with E-state index in [0.717, 1.165) is 129 Å². The first-order valence-corrected chi connectivity index (χ1v) is 27.1. The van der Waals surface area contributed by atoms with Gasteiger partial charge in [0.1, 0.15) is 34.4 Å². The van der Waals surface area contributed by atoms with Crippen LogP contribution >= 0.6 is 22.9 Å². The van der Waals surface area contributed by atoms with Gasteiger partial charge in [-0.05, 0) is 108 Å². The summed E-state index contributed by atoms with van der Waals surface area (Å²) < 4.78 is 2.40. The van der Waals surface area contributed by atoms with E-state index in [1.165, 1.54) is 30.6 Å². The summed E-state index contributed by atoms with van der Waals surface area (Å²) in [4.78, 5) is 67.2. The van der Waals surface area contributed by atoms with Crippen molar-refractivity contribution in [3.8, 4) is 0 Å². The van der Waals surface area contributed by atoms with Crippen LogP contribution in [0.1, 0.15) is 135 Å². The number of rotatable bonds is 20. The number of hydrogen-bond acceptors (Lipinski definition) is 13. The number of hydrogen-bond donors (Lipinski definition) is 4. The third-order valence-corrected chi connectivity index (χ3v) is 16.3. The summed E-state index contributed by atoms with van der Waals surface area (Å²) in [6, 6.07) is 9.69. The SMILES string of the molecule is Cc1sc(CN2CCCC2c2nnc3n2CCCCC3)nc1CCCNC(=O)CCCCCC(=O)N1CCN(CC[C@H](NC(=O)C2(N)CCN(c3ncnc4[nH]ccc34)CC2)c2ccc(Cl)cc2)CC1. The lowest BCUT2D eigenvalue weighted by Crippen LogP contribution is -2.60. The lowest BCUT2D eigenvalue weighted by molar-refractivity contribution is -0.133. The van der Waals surface area contributed by atoms with Crippen molar-refractivity contribution < 1.29 is 14.4 Å². The van der Waals surface area contributed by atoms with Gasteiger partial charge in [-0.3, -0.25) is 24.2 Å². The van der Waals surface area contributed by atoms with Crippen molar-refractivity contribution in [1.29, 1.82) is 0 Å². The number of carbonyl (C=O) groups excluding carboxylic acids is 3. The highest BCUT2D eigenvalue weighted by Gasteiger charge is 2.40. The number of aromatic nitrogens is 7. The number of carbonyl (C=O) groups is 3. The molecule has 0 bridgehead atoms. The zero-order chi connectivity index (χ0) is 48.5. The molecule has 3 fully saturated rings. The van der Waals surface area contributed by atoms with Crippen molar-refractivity contribution in [2.75, 3.05) is 63.8 Å². The topological polar surface area (TPSA) is 199 Å². The molecule has 5 aromatic rings. The van der Waals surface area contributed by atoms with Crippen molar-refractivity contribution in [2.24, 2.45) is 5.73 Å². The predicted octanol–water partition coefficient (Wildman–Crippen LogP) is 6.42. The summed E-state index contributed by atoms with van der Waals surface area (Å²) in [5, 5.41) is 18.4. The highest BCUT2D eigenvalue weighted by Crippen LogP contribution is 2.35. The molecule has 9 rings (SSSR count). The number of benzene rings is 1. The van der Waals surface area contributed by atoms with E-state index in [0.29, 0.717) is 75.9 Å². The molecule has 4 aliphatic heterocycles. The van der Waals surface area contributed by atoms with E-state index in [-0.39, 0.29) is 23.8 Å². The molecular formula is C51H71ClN14O3S. The average molecular weight is 996 g/mol. The summed E-state index contributed by atoms with van der Waals surface area (Å²) in [5.41, 5.74) is 8.76. The Morgan fingerprint density at radius 2 is 1.73 bits per heavy atom. The molecular weight excluding hydrogens is 924 g/mol. The van der Waals surface area contributed by atoms with Gasteiger partial charge < -0.3 is 35.7 Å². The molecule has 70 heavy (non-hydrogen) atoms. The summed E-state index contributed by atoms with van der Waals surface area (Å²) in [7, 11) is 0. The monoisotopic (exact) mass is 995 g/mol. The molecule has 8 heterocycles. The number of thiazole rings is 1. The molecule has 1 unspecified atom stereocenters. The number of likely N-dealkylation sites (tertiary alicyclic amines) is 1. The van der Waals surface area contributed by atoms with Crippen LogP contribution in [0.15, 0.2) is 42.9 Å². The van der Waals surface area contributed by atoms with Gasteiger partial charge in [0, 0.05) is 94.3 Å². The molecule has 17 nitrogen and oxygen atoms in total. The maximum absolute atomic E-state index is 13.9. The Morgan fingerprint density at radius 1 is 0.914 bits per heavy atom. The number of nitrogens with one attached hydrogen (secondary N) is 3. The smallest absolute Gasteiger partial charge is 0.240 e. The molecule has 3 amide bonds. The fourth-order valence-electron chi connectivity index (χ4n) is 10.8. The molecule has 4 aliphatic rings. The summed E-state index contributed by atoms with van der Waals surface area (Å²) in [6.07, 6.45) is 17.2. The van der Waals surface area contributed by atoms with Crippen molar-refractivity contribution >= 4 is 57.5 Å². The Bertz CT molecular complexity index is 2530. The third kappa shape index (κ3) is 12.4. The summed E-state index contributed by atoms with van der Waals surface area (Å²) >= 11 is 8.05. The number of piperazine rings is 1. The number of H-pyrrole nitrogens is 1. The van der Waals surface area contributed by atoms with Crippen LogP contribution in [0.5, 0.6) is 0 Å². The largest absolute Gasteiger partial charge is 0.356 e. The molecule has 5 N–H and O–H groups in total. The van der Waals surface area contributed by atoms with Gasteiger partial charge in [0.25, 0.3) is 0 Å². The van der Waals surface area contributed by atoms with Crippen molar-refractivity contribution in [3.63, 3.8) is 0 Å². The van der Waals surface area contributed by atoms with E-state index in [4.69, 9.17) is 22.3 Å². The van der Waals surface area contributed by atoms with Gasteiger partial charge in [-0.1, -0.05) is 36.6 Å². The molecule has 1 aromatic carbocycles. The van der Waals surface area contributed by atoms with Gasteiger partial charge in [-0.15, -0.1) is 21.5 Å². The third-order valence-electron chi connectivity index (χ3n) is 15.1. The number of fused-ring (bicyclic) bond motifs is 2. The minimum atomic E-state index is -1.00. The summed E-state index contributed by atoms with van der Waals surface area (Å²) in [6.45, 7) is 10.6. The van der Waals surface area contributed by atoms with E-state index >= 15 is 0 Å². The standard InChI is InChI=1S/C51H71ClN14O3S/c1-36-40(58-45(70-36)34-65-25-9-11-42(65)49-61-60-43-12-4-3-7-26-66(43)49)10-8-23-54-44(67)13-5-2-6-14-46(68)63-32-30-62(31-33-63)27-20-41(37-15-17-38(52)18-16-37)59-50(69)51(53)21-28-64(29-22-51)48-39-19-24-55-47(39)56-35-57-48/h15-19,24,35,41-42H,2-14,20-23,25-34,53H2,1H3,(H,54,67)(H,59,69)(H,55,56,57)/t41-,42?/m0/s1. The number of amides is 3. The van der Waals surface area contributed by atoms with Gasteiger partial charge in [0.15, 0.2) is 0 Å². The molecule has 0 saturated carbocycles. The molecule has 0 radical (unpaired) electrons. The highest BCUT2D eigenvalue weighted by molar-refractivity contribution is 7.11. The Morgan fingerprint density at radius 3 is 2.56 bits per heavy atom. The number of nitrogens with zero attached hydrogens (tertiary/aromatic N) is 10. The number of unbranched alkanes of at least 4 members (excludes halogenated alkanes) is 2. The quantitative estimate of drug-likeness (QED) is 0.0626. The van der Waals surface area contributed by atoms with E-state index < -0.39 is 5.54 Å². The molecule has 19 heteroatoms. The van der Waals surface area contributed by atoms with Crippen LogP contribution in [0.3, 0.4) is 0 Å². The number of halogens is 1. The molecule has 4 aromatic heterocycles. The normalized spacial score (nSPS) is 19.3. The van der Waals surface area contributed by atoms with Crippen LogP contribution < -0.4 is 21.3 Å². The average Bonchev–Trinajstić information content (AvgIpc) is 4.17. The fraction of sp³-hybridized carbons (Fsp3) is 0.608. The Kier molecular flexibility index (Phi) is 16.8. The number of aryl methyl sites for hydroxylation is 3. The second kappa shape index (κ2) is 23.5. The van der Waals surface area contributed by atoms with Crippen LogP contribution in [0.2, 0.25) is 5.02 Å². The maximum atomic E-state index is 13.9. The zero-order valence-corrected chi connectivity index (χ0v) is 42.4.